The molecule has 0 unspecified atom stereocenters. The van der Waals surface area contributed by atoms with Crippen molar-refractivity contribution in [1.29, 1.82) is 0 Å². The van der Waals surface area contributed by atoms with Crippen LogP contribution in [0.15, 0.2) is 35.2 Å². The number of aromatic nitrogens is 3. The van der Waals surface area contributed by atoms with E-state index >= 15 is 0 Å². The van der Waals surface area contributed by atoms with Crippen LogP contribution in [-0.2, 0) is 28.4 Å². The Bertz CT molecular complexity index is 1200. The van der Waals surface area contributed by atoms with E-state index in [0.29, 0.717) is 17.1 Å². The largest absolute Gasteiger partial charge is 0.466 e. The van der Waals surface area contributed by atoms with E-state index in [0.717, 1.165) is 20.9 Å². The third-order valence-electron chi connectivity index (χ3n) is 4.63. The van der Waals surface area contributed by atoms with Gasteiger partial charge in [0.2, 0.25) is 15.9 Å². The van der Waals surface area contributed by atoms with Gasteiger partial charge in [0.15, 0.2) is 12.3 Å². The van der Waals surface area contributed by atoms with Crippen molar-refractivity contribution >= 4 is 27.0 Å². The second kappa shape index (κ2) is 8.41. The zero-order valence-electron chi connectivity index (χ0n) is 17.6. The van der Waals surface area contributed by atoms with Crippen LogP contribution in [-0.4, -0.2) is 54.1 Å². The number of amides is 1. The first-order chi connectivity index (χ1) is 14.1. The Labute approximate surface area is 175 Å². The second-order valence-electron chi connectivity index (χ2n) is 7.17. The minimum Gasteiger partial charge on any atom is -0.466 e. The summed E-state index contributed by atoms with van der Waals surface area (Å²) in [7, 11) is 1.09. The average molecular weight is 432 g/mol. The molecule has 0 aliphatic rings. The fourth-order valence-electron chi connectivity index (χ4n) is 3.13. The highest BCUT2D eigenvalue weighted by atomic mass is 32.2. The minimum atomic E-state index is -3.61. The molecule has 1 amide bonds. The van der Waals surface area contributed by atoms with Crippen LogP contribution in [0, 0.1) is 13.8 Å². The van der Waals surface area contributed by atoms with Crippen molar-refractivity contribution in [3.05, 3.63) is 47.2 Å². The Kier molecular flexibility index (Phi) is 6.09. The second-order valence-corrected chi connectivity index (χ2v) is 9.29. The molecule has 0 atom stereocenters. The summed E-state index contributed by atoms with van der Waals surface area (Å²) in [4.78, 5) is 16.9. The first-order valence-corrected chi connectivity index (χ1v) is 10.8. The van der Waals surface area contributed by atoms with Crippen molar-refractivity contribution in [1.82, 2.24) is 24.4 Å². The molecule has 9 nitrogen and oxygen atoms in total. The molecule has 0 spiro atoms. The van der Waals surface area contributed by atoms with Crippen molar-refractivity contribution in [2.75, 3.05) is 20.7 Å². The van der Waals surface area contributed by atoms with Gasteiger partial charge in [-0.05, 0) is 37.1 Å². The molecule has 0 radical (unpaired) electrons. The van der Waals surface area contributed by atoms with Gasteiger partial charge in [0.1, 0.15) is 0 Å². The number of fused-ring (bicyclic) bond motifs is 1. The van der Waals surface area contributed by atoms with Gasteiger partial charge in [-0.1, -0.05) is 18.2 Å². The molecule has 10 heteroatoms. The number of benzene rings is 1. The minimum absolute atomic E-state index is 0.0637. The molecule has 0 saturated carbocycles. The number of sulfonamides is 1. The van der Waals surface area contributed by atoms with Gasteiger partial charge >= 0.3 is 0 Å². The monoisotopic (exact) mass is 431 g/mol. The van der Waals surface area contributed by atoms with Crippen LogP contribution in [0.5, 0.6) is 5.88 Å². The van der Waals surface area contributed by atoms with Crippen molar-refractivity contribution < 1.29 is 17.9 Å². The highest BCUT2D eigenvalue weighted by Gasteiger charge is 2.21. The number of aryl methyl sites for hydroxylation is 3. The van der Waals surface area contributed by atoms with Gasteiger partial charge in [0.25, 0.3) is 5.91 Å². The average Bonchev–Trinajstić information content (AvgIpc) is 3.00. The van der Waals surface area contributed by atoms with Crippen LogP contribution >= 0.6 is 0 Å². The molecular formula is C20H25N5O4S. The van der Waals surface area contributed by atoms with Crippen LogP contribution in [0.1, 0.15) is 16.8 Å². The number of hydrogen-bond donors (Lipinski definition) is 1. The van der Waals surface area contributed by atoms with Crippen LogP contribution in [0.25, 0.3) is 11.0 Å². The number of nitrogens with zero attached hydrogens (tertiary/aromatic N) is 4. The Balaban J connectivity index is 1.70. The smallest absolute Gasteiger partial charge is 0.258 e. The lowest BCUT2D eigenvalue weighted by Crippen LogP contribution is -2.30. The molecule has 3 aromatic rings. The number of pyridine rings is 1. The quantitative estimate of drug-likeness (QED) is 0.608. The van der Waals surface area contributed by atoms with Gasteiger partial charge in [-0.15, -0.1) is 5.10 Å². The SMILES string of the molecule is Cc1cc(C)c2c(OCC(=O)NCc3ccccc3S(=O)(=O)N(C)C)nn(C)c2n1. The van der Waals surface area contributed by atoms with E-state index in [1.807, 2.05) is 19.9 Å². The molecule has 2 heterocycles. The van der Waals surface area contributed by atoms with Crippen molar-refractivity contribution in [3.63, 3.8) is 0 Å². The lowest BCUT2D eigenvalue weighted by atomic mass is 10.2. The molecule has 1 aromatic carbocycles. The molecule has 160 valence electrons. The standard InChI is InChI=1S/C20H25N5O4S/c1-13-10-14(2)22-19-18(13)20(23-25(19)5)29-12-17(26)21-11-15-8-6-7-9-16(15)30(27,28)24(3)4/h6-10H,11-12H2,1-5H3,(H,21,26). The zero-order valence-corrected chi connectivity index (χ0v) is 18.4. The van der Waals surface area contributed by atoms with Crippen LogP contribution < -0.4 is 10.1 Å². The predicted molar refractivity (Wildman–Crippen MR) is 113 cm³/mol. The molecular weight excluding hydrogens is 406 g/mol. The molecule has 3 rings (SSSR count). The molecule has 0 fully saturated rings. The summed E-state index contributed by atoms with van der Waals surface area (Å²) in [6, 6.07) is 8.49. The Morgan fingerprint density at radius 1 is 1.23 bits per heavy atom. The summed E-state index contributed by atoms with van der Waals surface area (Å²) < 4.78 is 33.3. The van der Waals surface area contributed by atoms with Gasteiger partial charge in [0, 0.05) is 33.4 Å². The summed E-state index contributed by atoms with van der Waals surface area (Å²) in [5.41, 5.74) is 3.02. The normalized spacial score (nSPS) is 11.8. The molecule has 1 N–H and O–H groups in total. The van der Waals surface area contributed by atoms with Crippen molar-refractivity contribution in [3.8, 4) is 5.88 Å². The number of carbonyl (C=O) groups is 1. The predicted octanol–water partition coefficient (Wildman–Crippen LogP) is 1.53. The number of nitrogens with one attached hydrogen (secondary N) is 1. The third-order valence-corrected chi connectivity index (χ3v) is 6.55. The van der Waals surface area contributed by atoms with E-state index < -0.39 is 10.0 Å². The molecule has 0 saturated heterocycles. The highest BCUT2D eigenvalue weighted by Crippen LogP contribution is 2.27. The Hall–Kier alpha value is -2.98. The maximum absolute atomic E-state index is 12.5. The van der Waals surface area contributed by atoms with E-state index in [4.69, 9.17) is 4.74 Å². The van der Waals surface area contributed by atoms with Crippen LogP contribution in [0.3, 0.4) is 0 Å². The fraction of sp³-hybridized carbons (Fsp3) is 0.350. The van der Waals surface area contributed by atoms with Gasteiger partial charge in [0.05, 0.1) is 10.3 Å². The Morgan fingerprint density at radius 2 is 1.93 bits per heavy atom. The first kappa shape index (κ1) is 21.7. The maximum atomic E-state index is 12.5. The topological polar surface area (TPSA) is 106 Å². The van der Waals surface area contributed by atoms with E-state index in [1.54, 1.807) is 29.9 Å². The lowest BCUT2D eigenvalue weighted by Gasteiger charge is -2.15. The number of rotatable bonds is 7. The fourth-order valence-corrected chi connectivity index (χ4v) is 4.24. The van der Waals surface area contributed by atoms with Gasteiger partial charge in [-0.3, -0.25) is 4.79 Å². The number of hydrogen-bond acceptors (Lipinski definition) is 6. The van der Waals surface area contributed by atoms with Crippen molar-refractivity contribution in [2.24, 2.45) is 7.05 Å². The molecule has 0 aliphatic heterocycles. The van der Waals surface area contributed by atoms with Gasteiger partial charge in [-0.2, -0.15) is 0 Å². The van der Waals surface area contributed by atoms with E-state index in [1.165, 1.54) is 20.2 Å². The van der Waals surface area contributed by atoms with Gasteiger partial charge < -0.3 is 10.1 Å². The molecule has 0 aliphatic carbocycles. The number of ether oxygens (including phenoxy) is 1. The van der Waals surface area contributed by atoms with Gasteiger partial charge in [-0.25, -0.2) is 22.4 Å². The summed E-state index contributed by atoms with van der Waals surface area (Å²) in [6.07, 6.45) is 0. The van der Waals surface area contributed by atoms with E-state index in [-0.39, 0.29) is 24.0 Å². The summed E-state index contributed by atoms with van der Waals surface area (Å²) in [6.45, 7) is 3.66. The molecule has 30 heavy (non-hydrogen) atoms. The third kappa shape index (κ3) is 4.29. The van der Waals surface area contributed by atoms with E-state index in [9.17, 15) is 13.2 Å². The summed E-state index contributed by atoms with van der Waals surface area (Å²) in [5, 5.41) is 7.78. The van der Waals surface area contributed by atoms with Crippen molar-refractivity contribution in [2.45, 2.75) is 25.3 Å². The maximum Gasteiger partial charge on any atom is 0.258 e. The summed E-state index contributed by atoms with van der Waals surface area (Å²) >= 11 is 0. The lowest BCUT2D eigenvalue weighted by molar-refractivity contribution is -0.123. The Morgan fingerprint density at radius 3 is 2.63 bits per heavy atom. The highest BCUT2D eigenvalue weighted by molar-refractivity contribution is 7.89. The zero-order chi connectivity index (χ0) is 22.1. The molecule has 2 aromatic heterocycles. The van der Waals surface area contributed by atoms with E-state index in [2.05, 4.69) is 15.4 Å². The van der Waals surface area contributed by atoms with Crippen LogP contribution in [0.4, 0.5) is 0 Å². The first-order valence-electron chi connectivity index (χ1n) is 9.32. The summed E-state index contributed by atoms with van der Waals surface area (Å²) in [5.74, 6) is -0.0492. The van der Waals surface area contributed by atoms with Crippen LogP contribution in [0.2, 0.25) is 0 Å². The molecule has 0 bridgehead atoms. The number of carbonyl (C=O) groups excluding carboxylic acids is 1.